The monoisotopic (exact) mass is 408 g/mol. The number of ether oxygens (including phenoxy) is 3. The normalized spacial score (nSPS) is 10.8. The van der Waals surface area contributed by atoms with Crippen LogP contribution < -0.4 is 23.8 Å². The van der Waals surface area contributed by atoms with Gasteiger partial charge in [0.2, 0.25) is 15.9 Å². The molecule has 0 bridgehead atoms. The van der Waals surface area contributed by atoms with Gasteiger partial charge >= 0.3 is 0 Å². The van der Waals surface area contributed by atoms with Gasteiger partial charge in [-0.1, -0.05) is 0 Å². The van der Waals surface area contributed by atoms with E-state index in [1.807, 2.05) is 0 Å². The number of rotatable bonds is 10. The van der Waals surface area contributed by atoms with Crippen LogP contribution in [-0.2, 0) is 14.8 Å². The van der Waals surface area contributed by atoms with E-state index in [1.165, 1.54) is 7.11 Å². The molecule has 8 nitrogen and oxygen atoms in total. The molecule has 0 saturated heterocycles. The summed E-state index contributed by atoms with van der Waals surface area (Å²) in [6, 6.07) is 13.5. The third-order valence-electron chi connectivity index (χ3n) is 3.80. The highest BCUT2D eigenvalue weighted by atomic mass is 32.2. The lowest BCUT2D eigenvalue weighted by Gasteiger charge is -2.22. The van der Waals surface area contributed by atoms with Gasteiger partial charge in [-0.2, -0.15) is 0 Å². The Bertz CT molecular complexity index is 866. The summed E-state index contributed by atoms with van der Waals surface area (Å²) in [4.78, 5) is 12.2. The average Bonchev–Trinajstić information content (AvgIpc) is 2.69. The van der Waals surface area contributed by atoms with Gasteiger partial charge in [-0.15, -0.1) is 0 Å². The number of benzene rings is 2. The minimum atomic E-state index is -3.62. The van der Waals surface area contributed by atoms with Crippen LogP contribution in [0.15, 0.2) is 48.5 Å². The number of nitrogens with one attached hydrogen (secondary N) is 1. The summed E-state index contributed by atoms with van der Waals surface area (Å²) in [5.74, 6) is 1.53. The van der Waals surface area contributed by atoms with E-state index in [0.29, 0.717) is 17.2 Å². The minimum Gasteiger partial charge on any atom is -0.497 e. The number of hydrogen-bond donors (Lipinski definition) is 1. The Morgan fingerprint density at radius 3 is 1.93 bits per heavy atom. The zero-order chi connectivity index (χ0) is 20.6. The molecule has 0 fully saturated rings. The molecule has 0 aromatic heterocycles. The van der Waals surface area contributed by atoms with E-state index in [-0.39, 0.29) is 19.7 Å². The fourth-order valence-electron chi connectivity index (χ4n) is 2.37. The number of nitrogens with zero attached hydrogens (tertiary/aromatic N) is 1. The summed E-state index contributed by atoms with van der Waals surface area (Å²) in [5, 5.41) is 2.65. The molecule has 0 aliphatic carbocycles. The topological polar surface area (TPSA) is 94.2 Å². The Morgan fingerprint density at radius 2 is 1.43 bits per heavy atom. The number of carbonyl (C=O) groups excluding carboxylic acids is 1. The molecule has 2 rings (SSSR count). The lowest BCUT2D eigenvalue weighted by atomic mass is 10.3. The van der Waals surface area contributed by atoms with Crippen molar-refractivity contribution in [1.82, 2.24) is 5.32 Å². The molecule has 0 unspecified atom stereocenters. The van der Waals surface area contributed by atoms with Crippen LogP contribution in [0.25, 0.3) is 0 Å². The smallest absolute Gasteiger partial charge is 0.240 e. The molecule has 0 heterocycles. The highest BCUT2D eigenvalue weighted by molar-refractivity contribution is 7.92. The van der Waals surface area contributed by atoms with Gasteiger partial charge in [0.1, 0.15) is 30.4 Å². The van der Waals surface area contributed by atoms with Crippen molar-refractivity contribution in [3.05, 3.63) is 48.5 Å². The van der Waals surface area contributed by atoms with Gasteiger partial charge in [-0.05, 0) is 48.5 Å². The highest BCUT2D eigenvalue weighted by Gasteiger charge is 2.20. The number of sulfonamides is 1. The summed E-state index contributed by atoms with van der Waals surface area (Å²) in [7, 11) is -0.525. The molecule has 2 aromatic carbocycles. The van der Waals surface area contributed by atoms with Gasteiger partial charge in [0.15, 0.2) is 0 Å². The number of carbonyl (C=O) groups is 1. The molecule has 28 heavy (non-hydrogen) atoms. The molecule has 152 valence electrons. The molecule has 0 aliphatic rings. The Labute approximate surface area is 165 Å². The largest absolute Gasteiger partial charge is 0.497 e. The van der Waals surface area contributed by atoms with Crippen LogP contribution in [0.4, 0.5) is 5.69 Å². The highest BCUT2D eigenvalue weighted by Crippen LogP contribution is 2.21. The summed E-state index contributed by atoms with van der Waals surface area (Å²) >= 11 is 0. The molecule has 0 aliphatic heterocycles. The molecule has 9 heteroatoms. The van der Waals surface area contributed by atoms with Crippen LogP contribution in [0.1, 0.15) is 0 Å². The van der Waals surface area contributed by atoms with Crippen LogP contribution in [0.2, 0.25) is 0 Å². The van der Waals surface area contributed by atoms with E-state index in [2.05, 4.69) is 5.32 Å². The number of amides is 1. The first-order valence-electron chi connectivity index (χ1n) is 8.49. The van der Waals surface area contributed by atoms with Crippen molar-refractivity contribution < 1.29 is 27.4 Å². The predicted octanol–water partition coefficient (Wildman–Crippen LogP) is 1.66. The van der Waals surface area contributed by atoms with Crippen molar-refractivity contribution in [3.63, 3.8) is 0 Å². The van der Waals surface area contributed by atoms with Gasteiger partial charge in [-0.25, -0.2) is 8.42 Å². The van der Waals surface area contributed by atoms with E-state index in [1.54, 1.807) is 55.6 Å². The summed E-state index contributed by atoms with van der Waals surface area (Å²) in [6.45, 7) is 0.165. The third-order valence-corrected chi connectivity index (χ3v) is 4.94. The molecule has 1 N–H and O–H groups in total. The van der Waals surface area contributed by atoms with E-state index in [0.717, 1.165) is 16.3 Å². The zero-order valence-corrected chi connectivity index (χ0v) is 16.9. The van der Waals surface area contributed by atoms with Gasteiger partial charge < -0.3 is 19.5 Å². The van der Waals surface area contributed by atoms with Crippen molar-refractivity contribution in [2.45, 2.75) is 0 Å². The first-order chi connectivity index (χ1) is 13.3. The first-order valence-corrected chi connectivity index (χ1v) is 10.3. The van der Waals surface area contributed by atoms with Crippen LogP contribution in [-0.4, -0.2) is 54.5 Å². The molecular formula is C19H24N2O6S. The SMILES string of the molecule is COc1ccc(OCCNC(=O)CN(c2ccc(OC)cc2)S(C)(=O)=O)cc1. The van der Waals surface area contributed by atoms with Crippen molar-refractivity contribution in [2.24, 2.45) is 0 Å². The Hall–Kier alpha value is -2.94. The maximum Gasteiger partial charge on any atom is 0.240 e. The second-order valence-electron chi connectivity index (χ2n) is 5.84. The third kappa shape index (κ3) is 6.34. The Kier molecular flexibility index (Phi) is 7.51. The maximum atomic E-state index is 12.2. The fourth-order valence-corrected chi connectivity index (χ4v) is 3.22. The maximum absolute atomic E-state index is 12.2. The van der Waals surface area contributed by atoms with Crippen LogP contribution in [0.3, 0.4) is 0 Å². The van der Waals surface area contributed by atoms with Crippen molar-refractivity contribution in [3.8, 4) is 17.2 Å². The molecule has 0 spiro atoms. The van der Waals surface area contributed by atoms with E-state index >= 15 is 0 Å². The zero-order valence-electron chi connectivity index (χ0n) is 16.0. The van der Waals surface area contributed by atoms with E-state index in [4.69, 9.17) is 14.2 Å². The van der Waals surface area contributed by atoms with Crippen LogP contribution in [0, 0.1) is 0 Å². The minimum absolute atomic E-state index is 0.241. The summed E-state index contributed by atoms with van der Waals surface area (Å²) < 4.78 is 40.8. The standard InChI is InChI=1S/C19H24N2O6S/c1-25-16-6-4-15(5-7-16)21(28(3,23)24)14-19(22)20-12-13-27-18-10-8-17(26-2)9-11-18/h4-11H,12-14H2,1-3H3,(H,20,22). The molecular weight excluding hydrogens is 384 g/mol. The fraction of sp³-hybridized carbons (Fsp3) is 0.316. The molecule has 2 aromatic rings. The van der Waals surface area contributed by atoms with Gasteiger partial charge in [0, 0.05) is 0 Å². The Balaban J connectivity index is 1.87. The Morgan fingerprint density at radius 1 is 0.929 bits per heavy atom. The van der Waals surface area contributed by atoms with Crippen molar-refractivity contribution in [2.75, 3.05) is 44.5 Å². The average molecular weight is 408 g/mol. The molecule has 0 saturated carbocycles. The van der Waals surface area contributed by atoms with Crippen LogP contribution in [0.5, 0.6) is 17.2 Å². The predicted molar refractivity (Wildman–Crippen MR) is 107 cm³/mol. The number of anilines is 1. The lowest BCUT2D eigenvalue weighted by Crippen LogP contribution is -2.41. The molecule has 0 atom stereocenters. The van der Waals surface area contributed by atoms with E-state index in [9.17, 15) is 13.2 Å². The van der Waals surface area contributed by atoms with Gasteiger partial charge in [-0.3, -0.25) is 9.10 Å². The molecule has 0 radical (unpaired) electrons. The first kappa shape index (κ1) is 21.4. The van der Waals surface area contributed by atoms with Crippen LogP contribution >= 0.6 is 0 Å². The summed E-state index contributed by atoms with van der Waals surface area (Å²) in [5.41, 5.74) is 0.382. The lowest BCUT2D eigenvalue weighted by molar-refractivity contribution is -0.119. The molecule has 1 amide bonds. The summed E-state index contributed by atoms with van der Waals surface area (Å²) in [6.07, 6.45) is 1.05. The second kappa shape index (κ2) is 9.84. The van der Waals surface area contributed by atoms with Gasteiger partial charge in [0.25, 0.3) is 0 Å². The van der Waals surface area contributed by atoms with E-state index < -0.39 is 15.9 Å². The quantitative estimate of drug-likeness (QED) is 0.601. The number of hydrogen-bond acceptors (Lipinski definition) is 6. The number of methoxy groups -OCH3 is 2. The second-order valence-corrected chi connectivity index (χ2v) is 7.75. The van der Waals surface area contributed by atoms with Crippen molar-refractivity contribution in [1.29, 1.82) is 0 Å². The van der Waals surface area contributed by atoms with Gasteiger partial charge in [0.05, 0.1) is 32.7 Å². The van der Waals surface area contributed by atoms with Crippen molar-refractivity contribution >= 4 is 21.6 Å².